The van der Waals surface area contributed by atoms with Gasteiger partial charge in [0.25, 0.3) is 0 Å². The Morgan fingerprint density at radius 1 is 1.35 bits per heavy atom. The van der Waals surface area contributed by atoms with E-state index in [0.717, 1.165) is 17.9 Å². The minimum absolute atomic E-state index is 0.466. The minimum Gasteiger partial charge on any atom is -0.369 e. The number of aromatic nitrogens is 2. The van der Waals surface area contributed by atoms with Crippen LogP contribution in [-0.2, 0) is 0 Å². The third kappa shape index (κ3) is 2.34. The fourth-order valence-corrected chi connectivity index (χ4v) is 2.15. The van der Waals surface area contributed by atoms with Crippen LogP contribution in [0.25, 0.3) is 0 Å². The molecule has 17 heavy (non-hydrogen) atoms. The molecule has 0 atom stereocenters. The fourth-order valence-electron chi connectivity index (χ4n) is 2.15. The molecule has 4 N–H and O–H groups in total. The highest BCUT2D eigenvalue weighted by Gasteiger charge is 2.45. The van der Waals surface area contributed by atoms with Gasteiger partial charge in [-0.1, -0.05) is 13.8 Å². The molecule has 5 nitrogen and oxygen atoms in total. The van der Waals surface area contributed by atoms with Crippen molar-refractivity contribution in [2.24, 2.45) is 17.2 Å². The summed E-state index contributed by atoms with van der Waals surface area (Å²) in [6.45, 7) is 7.52. The van der Waals surface area contributed by atoms with E-state index in [0.29, 0.717) is 17.2 Å². The van der Waals surface area contributed by atoms with E-state index < -0.39 is 0 Å². The van der Waals surface area contributed by atoms with Crippen molar-refractivity contribution in [2.75, 3.05) is 17.3 Å². The van der Waals surface area contributed by atoms with Crippen LogP contribution < -0.4 is 16.6 Å². The van der Waals surface area contributed by atoms with Gasteiger partial charge in [0, 0.05) is 12.1 Å². The summed E-state index contributed by atoms with van der Waals surface area (Å²) in [5.74, 6) is 7.66. The van der Waals surface area contributed by atoms with Crippen molar-refractivity contribution in [1.82, 2.24) is 9.97 Å². The summed E-state index contributed by atoms with van der Waals surface area (Å²) in [5.41, 5.74) is 4.01. The second-order valence-corrected chi connectivity index (χ2v) is 5.21. The third-order valence-electron chi connectivity index (χ3n) is 3.95. The molecule has 2 rings (SSSR count). The third-order valence-corrected chi connectivity index (χ3v) is 3.95. The van der Waals surface area contributed by atoms with Crippen LogP contribution in [0.5, 0.6) is 0 Å². The number of hydrogen-bond acceptors (Lipinski definition) is 5. The molecule has 0 saturated heterocycles. The lowest BCUT2D eigenvalue weighted by molar-refractivity contribution is 0.380. The van der Waals surface area contributed by atoms with Crippen LogP contribution in [0.15, 0.2) is 6.33 Å². The summed E-state index contributed by atoms with van der Waals surface area (Å²) < 4.78 is 0. The average Bonchev–Trinajstić information content (AvgIpc) is 3.09. The van der Waals surface area contributed by atoms with E-state index in [1.807, 2.05) is 6.92 Å². The molecule has 0 aliphatic heterocycles. The highest BCUT2D eigenvalue weighted by Crippen LogP contribution is 2.51. The first-order valence-electron chi connectivity index (χ1n) is 6.11. The van der Waals surface area contributed by atoms with Gasteiger partial charge in [-0.05, 0) is 31.1 Å². The number of hydrazine groups is 1. The minimum atomic E-state index is 0.466. The predicted molar refractivity (Wildman–Crippen MR) is 69.6 cm³/mol. The second-order valence-electron chi connectivity index (χ2n) is 5.21. The van der Waals surface area contributed by atoms with Gasteiger partial charge in [-0.25, -0.2) is 15.8 Å². The Morgan fingerprint density at radius 2 is 2.00 bits per heavy atom. The SMILES string of the molecule is Cc1c(NN)ncnc1NCC1(C(C)C)CC1. The van der Waals surface area contributed by atoms with E-state index in [4.69, 9.17) is 5.84 Å². The molecule has 1 saturated carbocycles. The quantitative estimate of drug-likeness (QED) is 0.537. The van der Waals surface area contributed by atoms with Crippen molar-refractivity contribution in [3.05, 3.63) is 11.9 Å². The summed E-state index contributed by atoms with van der Waals surface area (Å²) in [6.07, 6.45) is 4.15. The van der Waals surface area contributed by atoms with Gasteiger partial charge in [0.1, 0.15) is 18.0 Å². The van der Waals surface area contributed by atoms with Gasteiger partial charge >= 0.3 is 0 Å². The van der Waals surface area contributed by atoms with E-state index in [2.05, 4.69) is 34.6 Å². The van der Waals surface area contributed by atoms with Gasteiger partial charge in [-0.15, -0.1) is 0 Å². The highest BCUT2D eigenvalue weighted by molar-refractivity contribution is 5.55. The molecule has 0 bridgehead atoms. The van der Waals surface area contributed by atoms with E-state index in [9.17, 15) is 0 Å². The molecule has 0 unspecified atom stereocenters. The van der Waals surface area contributed by atoms with Crippen LogP contribution in [0.3, 0.4) is 0 Å². The van der Waals surface area contributed by atoms with E-state index in [1.54, 1.807) is 0 Å². The molecule has 1 aliphatic carbocycles. The Morgan fingerprint density at radius 3 is 2.53 bits per heavy atom. The molecule has 1 aromatic rings. The summed E-state index contributed by atoms with van der Waals surface area (Å²) in [6, 6.07) is 0. The van der Waals surface area contributed by atoms with Gasteiger partial charge < -0.3 is 10.7 Å². The highest BCUT2D eigenvalue weighted by atomic mass is 15.3. The second kappa shape index (κ2) is 4.49. The Bertz CT molecular complexity index is 398. The van der Waals surface area contributed by atoms with E-state index in [1.165, 1.54) is 19.2 Å². The lowest BCUT2D eigenvalue weighted by Gasteiger charge is -2.21. The Hall–Kier alpha value is -1.36. The molecule has 1 heterocycles. The molecule has 0 spiro atoms. The molecule has 1 aliphatic rings. The zero-order valence-corrected chi connectivity index (χ0v) is 10.7. The topological polar surface area (TPSA) is 75.9 Å². The number of rotatable bonds is 5. The summed E-state index contributed by atoms with van der Waals surface area (Å²) in [5, 5.41) is 3.43. The number of nitrogen functional groups attached to an aromatic ring is 1. The van der Waals surface area contributed by atoms with Crippen LogP contribution >= 0.6 is 0 Å². The molecule has 1 fully saturated rings. The number of nitrogens with zero attached hydrogens (tertiary/aromatic N) is 2. The van der Waals surface area contributed by atoms with E-state index in [-0.39, 0.29) is 0 Å². The maximum absolute atomic E-state index is 5.39. The van der Waals surface area contributed by atoms with Crippen LogP contribution in [0.2, 0.25) is 0 Å². The lowest BCUT2D eigenvalue weighted by Crippen LogP contribution is -2.22. The summed E-state index contributed by atoms with van der Waals surface area (Å²) in [4.78, 5) is 8.32. The molecular formula is C12H21N5. The van der Waals surface area contributed by atoms with Crippen molar-refractivity contribution in [1.29, 1.82) is 0 Å². The van der Waals surface area contributed by atoms with Crippen molar-refractivity contribution in [2.45, 2.75) is 33.6 Å². The van der Waals surface area contributed by atoms with Gasteiger partial charge in [-0.3, -0.25) is 0 Å². The molecule has 1 aromatic heterocycles. The maximum atomic E-state index is 5.39. The van der Waals surface area contributed by atoms with Gasteiger partial charge in [0.2, 0.25) is 0 Å². The lowest BCUT2D eigenvalue weighted by atomic mass is 9.92. The van der Waals surface area contributed by atoms with Crippen molar-refractivity contribution in [3.63, 3.8) is 0 Å². The molecule has 0 radical (unpaired) electrons. The number of nitrogens with one attached hydrogen (secondary N) is 2. The smallest absolute Gasteiger partial charge is 0.148 e. The first-order chi connectivity index (χ1) is 8.09. The first kappa shape index (κ1) is 12.1. The standard InChI is InChI=1S/C12H21N5/c1-8(2)12(4-5-12)6-14-10-9(3)11(17-13)16-7-15-10/h7-8H,4-6,13H2,1-3H3,(H2,14,15,16,17). The molecule has 94 valence electrons. The predicted octanol–water partition coefficient (Wildman–Crippen LogP) is 1.92. The normalized spacial score (nSPS) is 17.0. The Kier molecular flexibility index (Phi) is 3.19. The number of anilines is 2. The van der Waals surface area contributed by atoms with Crippen LogP contribution in [0, 0.1) is 18.3 Å². The van der Waals surface area contributed by atoms with Crippen molar-refractivity contribution < 1.29 is 0 Å². The number of nitrogens with two attached hydrogens (primary N) is 1. The number of hydrogen-bond donors (Lipinski definition) is 3. The van der Waals surface area contributed by atoms with Crippen LogP contribution in [-0.4, -0.2) is 16.5 Å². The zero-order valence-electron chi connectivity index (χ0n) is 10.7. The van der Waals surface area contributed by atoms with Crippen LogP contribution in [0.4, 0.5) is 11.6 Å². The van der Waals surface area contributed by atoms with Crippen molar-refractivity contribution >= 4 is 11.6 Å². The van der Waals surface area contributed by atoms with Crippen molar-refractivity contribution in [3.8, 4) is 0 Å². The fraction of sp³-hybridized carbons (Fsp3) is 0.667. The van der Waals surface area contributed by atoms with Gasteiger partial charge in [0.15, 0.2) is 0 Å². The Labute approximate surface area is 102 Å². The summed E-state index contributed by atoms with van der Waals surface area (Å²) >= 11 is 0. The monoisotopic (exact) mass is 235 g/mol. The molecule has 5 heteroatoms. The largest absolute Gasteiger partial charge is 0.369 e. The van der Waals surface area contributed by atoms with Gasteiger partial charge in [-0.2, -0.15) is 0 Å². The summed E-state index contributed by atoms with van der Waals surface area (Å²) in [7, 11) is 0. The molecule has 0 aromatic carbocycles. The van der Waals surface area contributed by atoms with Gasteiger partial charge in [0.05, 0.1) is 0 Å². The van der Waals surface area contributed by atoms with E-state index >= 15 is 0 Å². The van der Waals surface area contributed by atoms with Crippen LogP contribution in [0.1, 0.15) is 32.3 Å². The zero-order chi connectivity index (χ0) is 12.5. The first-order valence-corrected chi connectivity index (χ1v) is 6.11. The molecular weight excluding hydrogens is 214 g/mol. The molecule has 0 amide bonds. The average molecular weight is 235 g/mol. The maximum Gasteiger partial charge on any atom is 0.148 e. The Balaban J connectivity index is 2.05.